The Bertz CT molecular complexity index is 1400. The number of aliphatic hydroxyl groups is 3. The second-order valence-corrected chi connectivity index (χ2v) is 13.5. The molecule has 14 nitrogen and oxygen atoms in total. The van der Waals surface area contributed by atoms with E-state index in [-0.39, 0.29) is 38.0 Å². The number of benzene rings is 1. The minimum Gasteiger partial charge on any atom is -0.460 e. The third kappa shape index (κ3) is 10.2. The number of aryl methyl sites for hydroxylation is 1. The Kier molecular flexibility index (Phi) is 13.0. The molecule has 2 aliphatic heterocycles. The molecule has 1 aromatic carbocycles. The molecule has 0 aliphatic carbocycles. The van der Waals surface area contributed by atoms with Gasteiger partial charge in [0.2, 0.25) is 17.7 Å². The molecule has 0 spiro atoms. The van der Waals surface area contributed by atoms with Crippen LogP contribution in [0.5, 0.6) is 0 Å². The molecule has 0 bridgehead atoms. The molecule has 1 saturated heterocycles. The molecule has 0 aromatic heterocycles. The number of esters is 1. The molecule has 0 unspecified atom stereocenters. The molecule has 6 N–H and O–H groups in total. The minimum atomic E-state index is -1.35. The van der Waals surface area contributed by atoms with Crippen LogP contribution < -0.4 is 16.0 Å². The Labute approximate surface area is 280 Å². The normalized spacial score (nSPS) is 22.3. The Morgan fingerprint density at radius 2 is 1.71 bits per heavy atom. The molecule has 4 amide bonds. The second kappa shape index (κ2) is 16.3. The number of amides is 4. The maximum atomic E-state index is 13.2. The number of hydrogen-bond donors (Lipinski definition) is 6. The summed E-state index contributed by atoms with van der Waals surface area (Å²) in [6.45, 7) is 13.4. The van der Waals surface area contributed by atoms with Crippen molar-refractivity contribution in [3.63, 3.8) is 0 Å². The maximum absolute atomic E-state index is 13.2. The van der Waals surface area contributed by atoms with Crippen LogP contribution in [-0.2, 0) is 46.5 Å². The minimum absolute atomic E-state index is 0.0413. The van der Waals surface area contributed by atoms with Crippen LogP contribution in [-0.4, -0.2) is 99.5 Å². The van der Waals surface area contributed by atoms with Crippen LogP contribution in [0.1, 0.15) is 59.1 Å². The molecule has 3 rings (SSSR count). The Hall–Kier alpha value is -4.11. The first-order valence-corrected chi connectivity index (χ1v) is 15.9. The van der Waals surface area contributed by atoms with Crippen molar-refractivity contribution in [3.8, 4) is 0 Å². The summed E-state index contributed by atoms with van der Waals surface area (Å²) < 4.78 is 11.1. The highest BCUT2D eigenvalue weighted by atomic mass is 16.5. The summed E-state index contributed by atoms with van der Waals surface area (Å²) in [5, 5.41) is 38.3. The third-order valence-electron chi connectivity index (χ3n) is 8.10. The molecule has 0 radical (unpaired) electrons. The van der Waals surface area contributed by atoms with Crippen molar-refractivity contribution in [1.29, 1.82) is 0 Å². The molecule has 2 heterocycles. The van der Waals surface area contributed by atoms with E-state index in [9.17, 15) is 39.3 Å². The average molecular weight is 673 g/mol. The van der Waals surface area contributed by atoms with Crippen molar-refractivity contribution < 1.29 is 48.8 Å². The smallest absolute Gasteiger partial charge is 0.311 e. The number of hydrogen-bond acceptors (Lipinski definition) is 10. The quantitative estimate of drug-likeness (QED) is 0.162. The average Bonchev–Trinajstić information content (AvgIpc) is 3.32. The predicted octanol–water partition coefficient (Wildman–Crippen LogP) is 0.686. The molecule has 14 heteroatoms. The summed E-state index contributed by atoms with van der Waals surface area (Å²) >= 11 is 0. The summed E-state index contributed by atoms with van der Waals surface area (Å²) in [7, 11) is 0. The first-order chi connectivity index (χ1) is 22.4. The van der Waals surface area contributed by atoms with Gasteiger partial charge in [-0.25, -0.2) is 0 Å². The lowest BCUT2D eigenvalue weighted by molar-refractivity contribution is -0.188. The number of aliphatic hydroxyl groups excluding tert-OH is 3. The van der Waals surface area contributed by atoms with Crippen molar-refractivity contribution in [1.82, 2.24) is 15.5 Å². The number of carbonyl (C=O) groups excluding carboxylic acids is 5. The van der Waals surface area contributed by atoms with Crippen molar-refractivity contribution in [3.05, 3.63) is 53.8 Å². The van der Waals surface area contributed by atoms with E-state index in [0.717, 1.165) is 0 Å². The van der Waals surface area contributed by atoms with E-state index in [1.54, 1.807) is 52.8 Å². The Morgan fingerprint density at radius 3 is 2.31 bits per heavy atom. The Morgan fingerprint density at radius 1 is 1.02 bits per heavy atom. The lowest BCUT2D eigenvalue weighted by Crippen LogP contribution is -2.55. The first kappa shape index (κ1) is 38.3. The van der Waals surface area contributed by atoms with Crippen LogP contribution in [0.15, 0.2) is 42.6 Å². The number of ether oxygens (including phenoxy) is 2. The lowest BCUT2D eigenvalue weighted by Gasteiger charge is -2.35. The van der Waals surface area contributed by atoms with E-state index in [4.69, 9.17) is 9.47 Å². The van der Waals surface area contributed by atoms with Crippen LogP contribution in [0.4, 0.5) is 5.69 Å². The van der Waals surface area contributed by atoms with Crippen molar-refractivity contribution in [2.75, 3.05) is 18.5 Å². The van der Waals surface area contributed by atoms with E-state index in [0.29, 0.717) is 28.9 Å². The monoisotopic (exact) mass is 672 g/mol. The van der Waals surface area contributed by atoms with Gasteiger partial charge in [0.05, 0.1) is 18.1 Å². The third-order valence-corrected chi connectivity index (χ3v) is 8.10. The maximum Gasteiger partial charge on any atom is 0.311 e. The summed E-state index contributed by atoms with van der Waals surface area (Å²) in [6.07, 6.45) is -1.26. The second-order valence-electron chi connectivity index (χ2n) is 13.5. The first-order valence-electron chi connectivity index (χ1n) is 15.9. The fourth-order valence-electron chi connectivity index (χ4n) is 5.04. The van der Waals surface area contributed by atoms with Crippen LogP contribution in [0.2, 0.25) is 0 Å². The summed E-state index contributed by atoms with van der Waals surface area (Å²) in [6, 6.07) is 3.02. The standard InChI is InChI=1S/C34H48N4O10/c1-18(2)28(37-26(40)15-38-19(3)8-13-27(38)41)32(45)35-20(4)31(44)36-23-11-9-22(16-48-33(46)34(5,6)7)21(14-23)10-12-25-30(43)29(42)24(39)17-47-25/h8-9,11,13-14,18,20,24-25,28-30,39,42-43H,3,10,12,15-17H2,1-2,4-7H3,(H,35,45)(H,36,44)(H,37,40)/t20-,24+,25-,28-,29-,30-/m0/s1. The fraction of sp³-hybridized carbons (Fsp3) is 0.559. The van der Waals surface area contributed by atoms with Crippen LogP contribution in [0.25, 0.3) is 0 Å². The predicted molar refractivity (Wildman–Crippen MR) is 175 cm³/mol. The molecule has 48 heavy (non-hydrogen) atoms. The van der Waals surface area contributed by atoms with Gasteiger partial charge >= 0.3 is 5.97 Å². The summed E-state index contributed by atoms with van der Waals surface area (Å²) in [5.74, 6) is -2.80. The molecular weight excluding hydrogens is 624 g/mol. The molecule has 1 fully saturated rings. The number of anilines is 1. The highest BCUT2D eigenvalue weighted by Gasteiger charge is 2.37. The lowest BCUT2D eigenvalue weighted by atomic mass is 9.93. The largest absolute Gasteiger partial charge is 0.460 e. The number of nitrogens with one attached hydrogen (secondary N) is 3. The SMILES string of the molecule is C=C1C=CC(=O)N1CC(=O)N[C@H](C(=O)N[C@@H](C)C(=O)Nc1ccc(COC(=O)C(C)(C)C)c(CC[C@@H]2OC[C@@H](O)[C@H](O)[C@H]2O)c1)C(C)C. The van der Waals surface area contributed by atoms with Gasteiger partial charge < -0.3 is 45.6 Å². The van der Waals surface area contributed by atoms with Gasteiger partial charge in [-0.3, -0.25) is 24.0 Å². The summed E-state index contributed by atoms with van der Waals surface area (Å²) in [5.41, 5.74) is 1.37. The van der Waals surface area contributed by atoms with Crippen LogP contribution in [0.3, 0.4) is 0 Å². The number of carbonyl (C=O) groups is 5. The molecule has 0 saturated carbocycles. The molecule has 1 aromatic rings. The Balaban J connectivity index is 1.67. The van der Waals surface area contributed by atoms with Gasteiger partial charge in [0, 0.05) is 17.5 Å². The van der Waals surface area contributed by atoms with E-state index in [2.05, 4.69) is 22.5 Å². The van der Waals surface area contributed by atoms with E-state index in [1.165, 1.54) is 24.0 Å². The van der Waals surface area contributed by atoms with Gasteiger partial charge in [-0.05, 0) is 75.8 Å². The zero-order chi connectivity index (χ0) is 35.9. The number of rotatable bonds is 13. The zero-order valence-electron chi connectivity index (χ0n) is 28.3. The van der Waals surface area contributed by atoms with Gasteiger partial charge in [0.25, 0.3) is 5.91 Å². The topological polar surface area (TPSA) is 204 Å². The van der Waals surface area contributed by atoms with E-state index < -0.39 is 65.6 Å². The number of nitrogens with zero attached hydrogens (tertiary/aromatic N) is 1. The zero-order valence-corrected chi connectivity index (χ0v) is 28.3. The molecular formula is C34H48N4O10. The van der Waals surface area contributed by atoms with E-state index >= 15 is 0 Å². The molecule has 6 atom stereocenters. The number of allylic oxidation sites excluding steroid dienone is 1. The van der Waals surface area contributed by atoms with Crippen molar-refractivity contribution >= 4 is 35.3 Å². The summed E-state index contributed by atoms with van der Waals surface area (Å²) in [4.78, 5) is 64.5. The van der Waals surface area contributed by atoms with Gasteiger partial charge in [-0.15, -0.1) is 0 Å². The van der Waals surface area contributed by atoms with Crippen molar-refractivity contribution in [2.45, 2.75) is 97.5 Å². The van der Waals surface area contributed by atoms with Crippen molar-refractivity contribution in [2.24, 2.45) is 11.3 Å². The van der Waals surface area contributed by atoms with Gasteiger partial charge in [0.1, 0.15) is 43.5 Å². The molecule has 264 valence electrons. The van der Waals surface area contributed by atoms with Gasteiger partial charge in [-0.1, -0.05) is 26.5 Å². The van der Waals surface area contributed by atoms with E-state index in [1.807, 2.05) is 0 Å². The van der Waals surface area contributed by atoms with Crippen LogP contribution in [0, 0.1) is 11.3 Å². The van der Waals surface area contributed by atoms with Gasteiger partial charge in [-0.2, -0.15) is 0 Å². The van der Waals surface area contributed by atoms with Crippen LogP contribution >= 0.6 is 0 Å². The highest BCUT2D eigenvalue weighted by molar-refractivity contribution is 5.99. The molecule has 2 aliphatic rings. The highest BCUT2D eigenvalue weighted by Crippen LogP contribution is 2.25. The van der Waals surface area contributed by atoms with Gasteiger partial charge in [0.15, 0.2) is 0 Å². The fourth-order valence-corrected chi connectivity index (χ4v) is 5.04.